The Morgan fingerprint density at radius 1 is 1.00 bits per heavy atom. The highest BCUT2D eigenvalue weighted by molar-refractivity contribution is 8.00. The fraction of sp³-hybridized carbons (Fsp3) is 0.545. The van der Waals surface area contributed by atoms with Crippen LogP contribution in [0.1, 0.15) is 96.9 Å². The number of unbranched alkanes of at least 4 members (excludes halogenated alkanes) is 3. The van der Waals surface area contributed by atoms with Gasteiger partial charge in [0.25, 0.3) is 5.09 Å². The number of benzene rings is 2. The van der Waals surface area contributed by atoms with Crippen LogP contribution in [0.15, 0.2) is 47.4 Å². The van der Waals surface area contributed by atoms with E-state index in [2.05, 4.69) is 74.4 Å². The van der Waals surface area contributed by atoms with Crippen molar-refractivity contribution < 1.29 is 19.5 Å². The van der Waals surface area contributed by atoms with E-state index in [0.29, 0.717) is 43.4 Å². The van der Waals surface area contributed by atoms with E-state index in [1.807, 2.05) is 37.7 Å². The molecular formula is C33H45ClN2O5S. The van der Waals surface area contributed by atoms with E-state index in [1.54, 1.807) is 0 Å². The van der Waals surface area contributed by atoms with E-state index in [1.165, 1.54) is 15.8 Å². The molecule has 0 bridgehead atoms. The second kappa shape index (κ2) is 14.6. The summed E-state index contributed by atoms with van der Waals surface area (Å²) in [5.41, 5.74) is 3.97. The first-order chi connectivity index (χ1) is 19.7. The Morgan fingerprint density at radius 2 is 1.64 bits per heavy atom. The summed E-state index contributed by atoms with van der Waals surface area (Å²) in [5.74, 6) is 0.175. The maximum atomic E-state index is 13.4. The van der Waals surface area contributed by atoms with Crippen molar-refractivity contribution in [1.29, 1.82) is 0 Å². The number of thioether (sulfide) groups is 1. The molecule has 1 aromatic heterocycles. The average Bonchev–Trinajstić information content (AvgIpc) is 3.16. The smallest absolute Gasteiger partial charge is 0.311 e. The molecule has 230 valence electrons. The van der Waals surface area contributed by atoms with Gasteiger partial charge < -0.3 is 14.1 Å². The van der Waals surface area contributed by atoms with Crippen molar-refractivity contribution in [2.45, 2.75) is 103 Å². The van der Waals surface area contributed by atoms with Crippen molar-refractivity contribution in [3.63, 3.8) is 0 Å². The molecule has 0 fully saturated rings. The predicted octanol–water partition coefficient (Wildman–Crippen LogP) is 9.24. The average molecular weight is 617 g/mol. The molecule has 0 N–H and O–H groups in total. The molecule has 3 aromatic rings. The monoisotopic (exact) mass is 616 g/mol. The van der Waals surface area contributed by atoms with Gasteiger partial charge in [-0.25, -0.2) is 0 Å². The zero-order chi connectivity index (χ0) is 31.1. The van der Waals surface area contributed by atoms with Crippen molar-refractivity contribution in [1.82, 2.24) is 4.57 Å². The first-order valence-corrected chi connectivity index (χ1v) is 15.9. The van der Waals surface area contributed by atoms with Gasteiger partial charge in [0.2, 0.25) is 0 Å². The zero-order valence-corrected chi connectivity index (χ0v) is 27.6. The molecule has 7 nitrogen and oxygen atoms in total. The first-order valence-electron chi connectivity index (χ1n) is 14.7. The molecule has 0 saturated carbocycles. The Hall–Kier alpha value is -2.71. The Kier molecular flexibility index (Phi) is 11.8. The molecule has 0 aliphatic rings. The van der Waals surface area contributed by atoms with E-state index in [9.17, 15) is 14.9 Å². The SMILES string of the molecule is CC(C)c1ccc2c(c1)c(SC(C)(C)C)c(CC(C)(C)C(=O)OCCCCCCO[N+](=O)[O-])n2Cc1ccc(Cl)cc1. The normalized spacial score (nSPS) is 12.2. The molecule has 3 rings (SSSR count). The van der Waals surface area contributed by atoms with Crippen molar-refractivity contribution in [3.05, 3.63) is 74.4 Å². The molecule has 0 atom stereocenters. The first kappa shape index (κ1) is 33.8. The number of nitrogens with zero attached hydrogens (tertiary/aromatic N) is 2. The number of hydrogen-bond acceptors (Lipinski definition) is 6. The summed E-state index contributed by atoms with van der Waals surface area (Å²) in [6.07, 6.45) is 3.44. The molecule has 2 aromatic carbocycles. The topological polar surface area (TPSA) is 83.6 Å². The van der Waals surface area contributed by atoms with Crippen LogP contribution in [0.3, 0.4) is 0 Å². The maximum Gasteiger partial charge on any atom is 0.311 e. The van der Waals surface area contributed by atoms with Gasteiger partial charge >= 0.3 is 5.97 Å². The minimum absolute atomic E-state index is 0.0304. The number of halogens is 1. The van der Waals surface area contributed by atoms with E-state index >= 15 is 0 Å². The molecule has 0 amide bonds. The lowest BCUT2D eigenvalue weighted by Crippen LogP contribution is -2.30. The number of aromatic nitrogens is 1. The van der Waals surface area contributed by atoms with Crippen LogP contribution < -0.4 is 0 Å². The fourth-order valence-corrected chi connectivity index (χ4v) is 6.16. The minimum Gasteiger partial charge on any atom is -0.465 e. The highest BCUT2D eigenvalue weighted by Gasteiger charge is 2.34. The largest absolute Gasteiger partial charge is 0.465 e. The lowest BCUT2D eigenvalue weighted by molar-refractivity contribution is -0.757. The maximum absolute atomic E-state index is 13.4. The third-order valence-corrected chi connectivity index (χ3v) is 8.63. The number of ether oxygens (including phenoxy) is 1. The van der Waals surface area contributed by atoms with Crippen LogP contribution in [-0.2, 0) is 27.3 Å². The molecule has 0 spiro atoms. The Balaban J connectivity index is 1.90. The molecular weight excluding hydrogens is 572 g/mol. The van der Waals surface area contributed by atoms with Crippen LogP contribution in [-0.4, -0.2) is 33.6 Å². The molecule has 9 heteroatoms. The summed E-state index contributed by atoms with van der Waals surface area (Å²) in [6.45, 7) is 16.1. The summed E-state index contributed by atoms with van der Waals surface area (Å²) < 4.78 is 8.08. The summed E-state index contributed by atoms with van der Waals surface area (Å²) in [5, 5.41) is 11.4. The van der Waals surface area contributed by atoms with Crippen molar-refractivity contribution in [2.24, 2.45) is 5.41 Å². The van der Waals surface area contributed by atoms with Crippen molar-refractivity contribution >= 4 is 40.2 Å². The predicted molar refractivity (Wildman–Crippen MR) is 172 cm³/mol. The van der Waals surface area contributed by atoms with Crippen molar-refractivity contribution in [3.8, 4) is 0 Å². The number of fused-ring (bicyclic) bond motifs is 1. The Bertz CT molecular complexity index is 1360. The second-order valence-corrected chi connectivity index (χ2v) is 15.1. The number of carbonyl (C=O) groups is 1. The fourth-order valence-electron chi connectivity index (χ4n) is 4.85. The molecule has 0 aliphatic carbocycles. The highest BCUT2D eigenvalue weighted by Crippen LogP contribution is 2.44. The Morgan fingerprint density at radius 3 is 2.24 bits per heavy atom. The molecule has 1 heterocycles. The summed E-state index contributed by atoms with van der Waals surface area (Å²) in [7, 11) is 0. The number of carbonyl (C=O) groups excluding carboxylic acids is 1. The molecule has 0 aliphatic heterocycles. The van der Waals surface area contributed by atoms with Crippen LogP contribution in [0.4, 0.5) is 0 Å². The second-order valence-electron chi connectivity index (χ2n) is 12.8. The van der Waals surface area contributed by atoms with E-state index < -0.39 is 10.5 Å². The van der Waals surface area contributed by atoms with Crippen LogP contribution in [0, 0.1) is 15.5 Å². The van der Waals surface area contributed by atoms with Gasteiger partial charge in [-0.2, -0.15) is 0 Å². The zero-order valence-electron chi connectivity index (χ0n) is 26.0. The summed E-state index contributed by atoms with van der Waals surface area (Å²) in [6, 6.07) is 14.7. The van der Waals surface area contributed by atoms with Gasteiger partial charge in [0.1, 0.15) is 0 Å². The third kappa shape index (κ3) is 9.66. The van der Waals surface area contributed by atoms with E-state index in [0.717, 1.165) is 29.6 Å². The van der Waals surface area contributed by atoms with Crippen LogP contribution >= 0.6 is 23.4 Å². The number of hydrogen-bond donors (Lipinski definition) is 0. The lowest BCUT2D eigenvalue weighted by atomic mass is 9.87. The van der Waals surface area contributed by atoms with Gasteiger partial charge in [-0.3, -0.25) is 4.79 Å². The van der Waals surface area contributed by atoms with Crippen LogP contribution in [0.2, 0.25) is 5.02 Å². The van der Waals surface area contributed by atoms with Gasteiger partial charge in [-0.1, -0.05) is 70.8 Å². The molecule has 0 unspecified atom stereocenters. The number of rotatable bonds is 15. The van der Waals surface area contributed by atoms with Crippen LogP contribution in [0.25, 0.3) is 10.9 Å². The minimum atomic E-state index is -0.770. The van der Waals surface area contributed by atoms with E-state index in [-0.39, 0.29) is 17.3 Å². The van der Waals surface area contributed by atoms with E-state index in [4.69, 9.17) is 16.3 Å². The summed E-state index contributed by atoms with van der Waals surface area (Å²) in [4.78, 5) is 29.2. The molecule has 42 heavy (non-hydrogen) atoms. The number of esters is 1. The van der Waals surface area contributed by atoms with Crippen LogP contribution in [0.5, 0.6) is 0 Å². The van der Waals surface area contributed by atoms with Gasteiger partial charge in [0, 0.05) is 44.2 Å². The summed E-state index contributed by atoms with van der Waals surface area (Å²) >= 11 is 8.04. The van der Waals surface area contributed by atoms with Crippen molar-refractivity contribution in [2.75, 3.05) is 13.2 Å². The standard InChI is InChI=1S/C33H45ClN2O5S/c1-23(2)25-14-17-28-27(20-25)30(42-32(3,4)5)29(35(28)22-24-12-15-26(34)16-13-24)21-33(6,7)31(37)40-18-10-8-9-11-19-41-36(38)39/h12-17,20,23H,8-11,18-19,21-22H2,1-7H3. The quantitative estimate of drug-likeness (QED) is 0.0556. The van der Waals surface area contributed by atoms with Gasteiger partial charge in [0.05, 0.1) is 18.6 Å². The molecule has 0 radical (unpaired) electrons. The molecule has 0 saturated heterocycles. The highest BCUT2D eigenvalue weighted by atomic mass is 35.5. The van der Waals surface area contributed by atoms with Gasteiger partial charge in [0.15, 0.2) is 0 Å². The lowest BCUT2D eigenvalue weighted by Gasteiger charge is -2.26. The van der Waals surface area contributed by atoms with Gasteiger partial charge in [-0.05, 0) is 74.4 Å². The Labute approximate surface area is 259 Å². The third-order valence-electron chi connectivity index (χ3n) is 7.10. The van der Waals surface area contributed by atoms with Gasteiger partial charge in [-0.15, -0.1) is 21.9 Å².